The minimum Gasteiger partial charge on any atom is -0.388 e. The van der Waals surface area contributed by atoms with Gasteiger partial charge < -0.3 is 30.7 Å². The van der Waals surface area contributed by atoms with Gasteiger partial charge in [0.25, 0.3) is 0 Å². The fourth-order valence-electron chi connectivity index (χ4n) is 3.73. The average Bonchev–Trinajstić information content (AvgIpc) is 2.65. The number of hydrogen-bond acceptors (Lipinski definition) is 7. The zero-order valence-electron chi connectivity index (χ0n) is 16.6. The lowest BCUT2D eigenvalue weighted by molar-refractivity contribution is -0.208. The van der Waals surface area contributed by atoms with Crippen LogP contribution < -0.4 is 10.6 Å². The lowest BCUT2D eigenvalue weighted by Crippen LogP contribution is -2.64. The van der Waals surface area contributed by atoms with Crippen LogP contribution in [0.1, 0.15) is 40.0 Å². The first-order valence-electron chi connectivity index (χ1n) is 9.74. The summed E-state index contributed by atoms with van der Waals surface area (Å²) >= 11 is 1.27. The number of hydrogen-bond donors (Lipinski definition) is 5. The Hall–Kier alpha value is -0.640. The van der Waals surface area contributed by atoms with Crippen LogP contribution in [0.4, 0.5) is 0 Å². The smallest absolute Gasteiger partial charge is 0.237 e. The molecule has 0 aromatic heterocycles. The number of nitrogens with one attached hydrogen (secondary N) is 2. The normalized spacial score (nSPS) is 35.6. The maximum atomic E-state index is 12.9. The van der Waals surface area contributed by atoms with Crippen molar-refractivity contribution in [3.8, 4) is 0 Å². The minimum absolute atomic E-state index is 0.0206. The Kier molecular flexibility index (Phi) is 8.58. The molecule has 5 N–H and O–H groups in total. The largest absolute Gasteiger partial charge is 0.388 e. The summed E-state index contributed by atoms with van der Waals surface area (Å²) in [5.74, 6) is -0.152. The van der Waals surface area contributed by atoms with Crippen LogP contribution in [0.3, 0.4) is 0 Å². The fourth-order valence-corrected chi connectivity index (χ4v) is 4.41. The molecule has 1 fully saturated rings. The van der Waals surface area contributed by atoms with Crippen molar-refractivity contribution in [1.29, 1.82) is 0 Å². The molecule has 0 aromatic rings. The van der Waals surface area contributed by atoms with Crippen LogP contribution in [0.5, 0.6) is 0 Å². The molecular weight excluding hydrogens is 368 g/mol. The van der Waals surface area contributed by atoms with Crippen LogP contribution in [-0.2, 0) is 9.53 Å². The summed E-state index contributed by atoms with van der Waals surface area (Å²) in [6.07, 6.45) is 2.07. The Labute approximate surface area is 165 Å². The molecule has 7 atom stereocenters. The molecule has 8 heteroatoms. The molecular formula is C19H34N2O5S. The monoisotopic (exact) mass is 402 g/mol. The molecule has 0 aromatic carbocycles. The third kappa shape index (κ3) is 5.46. The Balaban J connectivity index is 2.08. The SMILES string of the molecule is CCCC1=CCN[C@H](C(=O)N[C@H](C(C)C)[C@H]2O[C@H](SC)[C@H](O)[C@@H](O)[C@H]2O)C1. The highest BCUT2D eigenvalue weighted by Crippen LogP contribution is 2.30. The zero-order valence-corrected chi connectivity index (χ0v) is 17.4. The predicted octanol–water partition coefficient (Wildman–Crippen LogP) is 0.386. The van der Waals surface area contributed by atoms with Gasteiger partial charge in [0.1, 0.15) is 29.9 Å². The molecule has 27 heavy (non-hydrogen) atoms. The van der Waals surface area contributed by atoms with Gasteiger partial charge in [0.15, 0.2) is 0 Å². The summed E-state index contributed by atoms with van der Waals surface area (Å²) in [5.41, 5.74) is 0.630. The van der Waals surface area contributed by atoms with Gasteiger partial charge in [-0.1, -0.05) is 38.8 Å². The van der Waals surface area contributed by atoms with E-state index in [0.29, 0.717) is 13.0 Å². The first kappa shape index (κ1) is 22.6. The highest BCUT2D eigenvalue weighted by atomic mass is 32.2. The number of carbonyl (C=O) groups excluding carboxylic acids is 1. The highest BCUT2D eigenvalue weighted by molar-refractivity contribution is 7.99. The van der Waals surface area contributed by atoms with E-state index in [2.05, 4.69) is 23.6 Å². The lowest BCUT2D eigenvalue weighted by atomic mass is 9.88. The van der Waals surface area contributed by atoms with E-state index in [1.807, 2.05) is 13.8 Å². The number of carbonyl (C=O) groups is 1. The van der Waals surface area contributed by atoms with E-state index >= 15 is 0 Å². The maximum Gasteiger partial charge on any atom is 0.237 e. The summed E-state index contributed by atoms with van der Waals surface area (Å²) in [7, 11) is 0. The van der Waals surface area contributed by atoms with Crippen molar-refractivity contribution in [2.75, 3.05) is 12.8 Å². The van der Waals surface area contributed by atoms with Gasteiger partial charge in [0, 0.05) is 6.54 Å². The Bertz CT molecular complexity index is 528. The van der Waals surface area contributed by atoms with Crippen molar-refractivity contribution < 1.29 is 24.9 Å². The maximum absolute atomic E-state index is 12.9. The zero-order chi connectivity index (χ0) is 20.1. The van der Waals surface area contributed by atoms with E-state index in [9.17, 15) is 20.1 Å². The van der Waals surface area contributed by atoms with Crippen molar-refractivity contribution in [3.63, 3.8) is 0 Å². The first-order valence-corrected chi connectivity index (χ1v) is 11.0. The number of aliphatic hydroxyl groups excluding tert-OH is 3. The molecule has 1 amide bonds. The average molecular weight is 403 g/mol. The minimum atomic E-state index is -1.31. The van der Waals surface area contributed by atoms with Crippen molar-refractivity contribution >= 4 is 17.7 Å². The van der Waals surface area contributed by atoms with Crippen LogP contribution in [0.2, 0.25) is 0 Å². The van der Waals surface area contributed by atoms with E-state index in [1.54, 1.807) is 6.26 Å². The number of ether oxygens (including phenoxy) is 1. The molecule has 2 heterocycles. The lowest BCUT2D eigenvalue weighted by Gasteiger charge is -2.44. The topological polar surface area (TPSA) is 111 Å². The van der Waals surface area contributed by atoms with Gasteiger partial charge in [0.2, 0.25) is 5.91 Å². The van der Waals surface area contributed by atoms with E-state index < -0.39 is 35.9 Å². The predicted molar refractivity (Wildman–Crippen MR) is 106 cm³/mol. The second-order valence-electron chi connectivity index (χ2n) is 7.73. The number of amides is 1. The Morgan fingerprint density at radius 2 is 2.04 bits per heavy atom. The van der Waals surface area contributed by atoms with E-state index in [4.69, 9.17) is 4.74 Å². The van der Waals surface area contributed by atoms with E-state index in [1.165, 1.54) is 17.3 Å². The summed E-state index contributed by atoms with van der Waals surface area (Å²) in [6, 6.07) is -0.794. The third-order valence-electron chi connectivity index (χ3n) is 5.33. The summed E-state index contributed by atoms with van der Waals surface area (Å²) < 4.78 is 5.86. The van der Waals surface area contributed by atoms with Crippen LogP contribution in [0.25, 0.3) is 0 Å². The van der Waals surface area contributed by atoms with Crippen molar-refractivity contribution in [2.24, 2.45) is 5.92 Å². The standard InChI is InChI=1S/C19H34N2O5S/c1-5-6-11-7-8-20-12(9-11)18(25)21-13(10(2)3)17-15(23)14(22)16(24)19(26-17)27-4/h7,10,12-17,19-20,22-24H,5-6,8-9H2,1-4H3,(H,21,25)/t12-,13+,14-,15+,16+,17+,19+/m0/s1. The molecule has 0 bridgehead atoms. The van der Waals surface area contributed by atoms with Crippen LogP contribution >= 0.6 is 11.8 Å². The summed E-state index contributed by atoms with van der Waals surface area (Å²) in [5, 5.41) is 36.9. The molecule has 156 valence electrons. The molecule has 2 aliphatic heterocycles. The molecule has 0 unspecified atom stereocenters. The van der Waals surface area contributed by atoms with E-state index in [0.717, 1.165) is 12.8 Å². The van der Waals surface area contributed by atoms with Gasteiger partial charge >= 0.3 is 0 Å². The number of aliphatic hydroxyl groups is 3. The molecule has 7 nitrogen and oxygen atoms in total. The van der Waals surface area contributed by atoms with Crippen molar-refractivity contribution in [2.45, 2.75) is 82.0 Å². The number of rotatable bonds is 7. The van der Waals surface area contributed by atoms with E-state index in [-0.39, 0.29) is 17.9 Å². The van der Waals surface area contributed by atoms with Crippen molar-refractivity contribution in [1.82, 2.24) is 10.6 Å². The highest BCUT2D eigenvalue weighted by Gasteiger charge is 2.47. The van der Waals surface area contributed by atoms with Crippen LogP contribution in [0, 0.1) is 5.92 Å². The summed E-state index contributed by atoms with van der Waals surface area (Å²) in [4.78, 5) is 12.9. The quantitative estimate of drug-likeness (QED) is 0.392. The molecule has 0 saturated carbocycles. The van der Waals surface area contributed by atoms with Gasteiger partial charge in [0.05, 0.1) is 12.1 Å². The van der Waals surface area contributed by atoms with Gasteiger partial charge in [-0.2, -0.15) is 0 Å². The Morgan fingerprint density at radius 1 is 1.33 bits per heavy atom. The summed E-state index contributed by atoms with van der Waals surface area (Å²) in [6.45, 7) is 6.66. The molecule has 2 rings (SSSR count). The van der Waals surface area contributed by atoms with Gasteiger partial charge in [-0.15, -0.1) is 11.8 Å². The van der Waals surface area contributed by atoms with Gasteiger partial charge in [-0.3, -0.25) is 4.79 Å². The molecule has 1 saturated heterocycles. The van der Waals surface area contributed by atoms with Gasteiger partial charge in [-0.05, 0) is 25.0 Å². The second kappa shape index (κ2) is 10.2. The first-order chi connectivity index (χ1) is 12.8. The van der Waals surface area contributed by atoms with Crippen LogP contribution in [0.15, 0.2) is 11.6 Å². The van der Waals surface area contributed by atoms with Crippen molar-refractivity contribution in [3.05, 3.63) is 11.6 Å². The van der Waals surface area contributed by atoms with Gasteiger partial charge in [-0.25, -0.2) is 0 Å². The fraction of sp³-hybridized carbons (Fsp3) is 0.842. The number of thioether (sulfide) groups is 1. The molecule has 2 aliphatic rings. The second-order valence-corrected chi connectivity index (χ2v) is 8.67. The molecule has 0 radical (unpaired) electrons. The van der Waals surface area contributed by atoms with Crippen LogP contribution in [-0.4, -0.2) is 76.0 Å². The Morgan fingerprint density at radius 3 is 2.63 bits per heavy atom. The molecule has 0 spiro atoms. The third-order valence-corrected chi connectivity index (χ3v) is 6.18. The molecule has 0 aliphatic carbocycles.